The number of halogens is 1. The van der Waals surface area contributed by atoms with Gasteiger partial charge in [0.25, 0.3) is 0 Å². The highest BCUT2D eigenvalue weighted by Crippen LogP contribution is 2.09. The van der Waals surface area contributed by atoms with Crippen molar-refractivity contribution in [2.75, 3.05) is 20.1 Å². The number of guanidine groups is 1. The Hall–Kier alpha value is -2.10. The molecule has 27 heavy (non-hydrogen) atoms. The molecule has 2 N–H and O–H groups in total. The van der Waals surface area contributed by atoms with E-state index in [1.165, 1.54) is 5.56 Å². The molecule has 0 aliphatic carbocycles. The lowest BCUT2D eigenvalue weighted by atomic mass is 10.1. The molecule has 8 heteroatoms. The van der Waals surface area contributed by atoms with E-state index in [1.807, 2.05) is 49.8 Å². The molecule has 0 aliphatic rings. The molecule has 2 aromatic rings. The first-order valence-corrected chi connectivity index (χ1v) is 8.63. The maximum atomic E-state index is 11.7. The van der Waals surface area contributed by atoms with Crippen LogP contribution in [0, 0.1) is 0 Å². The Morgan fingerprint density at radius 2 is 1.93 bits per heavy atom. The second-order valence-corrected chi connectivity index (χ2v) is 6.81. The second kappa shape index (κ2) is 10.9. The molecule has 0 aliphatic heterocycles. The van der Waals surface area contributed by atoms with Crippen LogP contribution in [0.2, 0.25) is 0 Å². The molecule has 7 nitrogen and oxygen atoms in total. The van der Waals surface area contributed by atoms with Crippen LogP contribution in [0.15, 0.2) is 47.7 Å². The lowest BCUT2D eigenvalue weighted by Gasteiger charge is -2.20. The molecule has 0 spiro atoms. The third-order valence-corrected chi connectivity index (χ3v) is 3.46. The van der Waals surface area contributed by atoms with Gasteiger partial charge in [-0.3, -0.25) is 9.79 Å². The van der Waals surface area contributed by atoms with Crippen molar-refractivity contribution < 1.29 is 9.53 Å². The van der Waals surface area contributed by atoms with Crippen LogP contribution in [0.4, 0.5) is 0 Å². The zero-order valence-electron chi connectivity index (χ0n) is 16.2. The summed E-state index contributed by atoms with van der Waals surface area (Å²) >= 11 is 0. The fourth-order valence-electron chi connectivity index (χ4n) is 2.32. The van der Waals surface area contributed by atoms with Gasteiger partial charge < -0.3 is 15.4 Å². The molecule has 0 bridgehead atoms. The van der Waals surface area contributed by atoms with Crippen molar-refractivity contribution in [3.05, 3.63) is 48.3 Å². The number of hydrogen-bond donors (Lipinski definition) is 2. The Labute approximate surface area is 177 Å². The van der Waals surface area contributed by atoms with Gasteiger partial charge in [0.2, 0.25) is 0 Å². The molecule has 148 valence electrons. The van der Waals surface area contributed by atoms with Crippen molar-refractivity contribution in [3.63, 3.8) is 0 Å². The molecule has 1 aromatic heterocycles. The monoisotopic (exact) mass is 485 g/mol. The lowest BCUT2D eigenvalue weighted by Crippen LogP contribution is -2.42. The Balaban J connectivity index is 0.00000364. The maximum Gasteiger partial charge on any atom is 0.325 e. The largest absolute Gasteiger partial charge is 0.459 e. The number of carbonyl (C=O) groups is 1. The number of aliphatic imine (C=N–C) groups is 1. The summed E-state index contributed by atoms with van der Waals surface area (Å²) in [4.78, 5) is 15.8. The van der Waals surface area contributed by atoms with Gasteiger partial charge in [0.15, 0.2) is 5.96 Å². The highest BCUT2D eigenvalue weighted by Gasteiger charge is 2.16. The summed E-state index contributed by atoms with van der Waals surface area (Å²) < 4.78 is 7.08. The molecular formula is C19H28IN5O2. The van der Waals surface area contributed by atoms with E-state index in [1.54, 1.807) is 13.2 Å². The minimum atomic E-state index is -0.488. The first-order valence-electron chi connectivity index (χ1n) is 8.63. The summed E-state index contributed by atoms with van der Waals surface area (Å²) in [5.41, 5.74) is 1.75. The number of rotatable bonds is 6. The quantitative estimate of drug-likeness (QED) is 0.285. The molecule has 0 fully saturated rings. The first-order chi connectivity index (χ1) is 12.4. The van der Waals surface area contributed by atoms with Gasteiger partial charge in [-0.2, -0.15) is 5.10 Å². The van der Waals surface area contributed by atoms with E-state index >= 15 is 0 Å². The fourth-order valence-corrected chi connectivity index (χ4v) is 2.32. The van der Waals surface area contributed by atoms with Gasteiger partial charge in [0.05, 0.1) is 5.69 Å². The van der Waals surface area contributed by atoms with Gasteiger partial charge in [-0.25, -0.2) is 4.68 Å². The van der Waals surface area contributed by atoms with Crippen LogP contribution in [0.5, 0.6) is 0 Å². The topological polar surface area (TPSA) is 80.5 Å². The van der Waals surface area contributed by atoms with Gasteiger partial charge in [-0.1, -0.05) is 12.1 Å². The molecule has 0 saturated heterocycles. The van der Waals surface area contributed by atoms with Gasteiger partial charge in [-0.15, -0.1) is 24.0 Å². The number of esters is 1. The van der Waals surface area contributed by atoms with Crippen LogP contribution in [0.1, 0.15) is 26.3 Å². The van der Waals surface area contributed by atoms with Gasteiger partial charge in [-0.05, 0) is 51.0 Å². The van der Waals surface area contributed by atoms with E-state index in [9.17, 15) is 4.79 Å². The predicted molar refractivity (Wildman–Crippen MR) is 118 cm³/mol. The molecule has 0 amide bonds. The van der Waals surface area contributed by atoms with Crippen LogP contribution in [-0.2, 0) is 16.0 Å². The third kappa shape index (κ3) is 8.42. The van der Waals surface area contributed by atoms with E-state index in [4.69, 9.17) is 4.74 Å². The van der Waals surface area contributed by atoms with E-state index in [0.717, 1.165) is 12.1 Å². The minimum absolute atomic E-state index is 0. The normalized spacial score (nSPS) is 11.5. The SMILES string of the molecule is CN=C(NCCc1ccc(-n2cccn2)cc1)NCC(=O)OC(C)(C)C.I. The van der Waals surface area contributed by atoms with Crippen molar-refractivity contribution in [3.8, 4) is 5.69 Å². The second-order valence-electron chi connectivity index (χ2n) is 6.81. The summed E-state index contributed by atoms with van der Waals surface area (Å²) in [5.74, 6) is 0.263. The van der Waals surface area contributed by atoms with Crippen molar-refractivity contribution >= 4 is 35.9 Å². The van der Waals surface area contributed by atoms with Crippen molar-refractivity contribution in [1.29, 1.82) is 0 Å². The molecule has 1 aromatic carbocycles. The number of ether oxygens (including phenoxy) is 1. The highest BCUT2D eigenvalue weighted by atomic mass is 127. The van der Waals surface area contributed by atoms with E-state index in [-0.39, 0.29) is 36.5 Å². The van der Waals surface area contributed by atoms with E-state index < -0.39 is 5.60 Å². The predicted octanol–water partition coefficient (Wildman–Crippen LogP) is 2.54. The highest BCUT2D eigenvalue weighted by molar-refractivity contribution is 14.0. The molecule has 2 rings (SSSR count). The Bertz CT molecular complexity index is 722. The van der Waals surface area contributed by atoms with Crippen LogP contribution in [-0.4, -0.2) is 47.4 Å². The maximum absolute atomic E-state index is 11.7. The number of carbonyl (C=O) groups excluding carboxylic acids is 1. The lowest BCUT2D eigenvalue weighted by molar-refractivity contribution is -0.153. The van der Waals surface area contributed by atoms with Gasteiger partial charge in [0, 0.05) is 26.0 Å². The van der Waals surface area contributed by atoms with Crippen molar-refractivity contribution in [2.45, 2.75) is 32.8 Å². The number of hydrogen-bond acceptors (Lipinski definition) is 4. The summed E-state index contributed by atoms with van der Waals surface area (Å²) in [6.45, 7) is 6.31. The van der Waals surface area contributed by atoms with Crippen LogP contribution in [0.25, 0.3) is 5.69 Å². The first kappa shape index (κ1) is 22.9. The number of benzene rings is 1. The summed E-state index contributed by atoms with van der Waals surface area (Å²) in [6.07, 6.45) is 4.51. The molecule has 0 unspecified atom stereocenters. The van der Waals surface area contributed by atoms with Crippen LogP contribution in [0.3, 0.4) is 0 Å². The number of nitrogens with zero attached hydrogens (tertiary/aromatic N) is 3. The summed E-state index contributed by atoms with van der Waals surface area (Å²) in [6, 6.07) is 10.1. The molecule has 0 radical (unpaired) electrons. The van der Waals surface area contributed by atoms with Crippen molar-refractivity contribution in [2.24, 2.45) is 4.99 Å². The Morgan fingerprint density at radius 1 is 1.22 bits per heavy atom. The van der Waals surface area contributed by atoms with Gasteiger partial charge >= 0.3 is 5.97 Å². The van der Waals surface area contributed by atoms with E-state index in [0.29, 0.717) is 12.5 Å². The van der Waals surface area contributed by atoms with Gasteiger partial charge in [0.1, 0.15) is 12.1 Å². The molecule has 0 atom stereocenters. The average molecular weight is 485 g/mol. The standard InChI is InChI=1S/C19H27N5O2.HI/c1-19(2,3)26-17(25)14-22-18(20-4)21-12-10-15-6-8-16(9-7-15)24-13-5-11-23-24;/h5-9,11,13H,10,12,14H2,1-4H3,(H2,20,21,22);1H. The smallest absolute Gasteiger partial charge is 0.325 e. The van der Waals surface area contributed by atoms with Crippen LogP contribution >= 0.6 is 24.0 Å². The Kier molecular flexibility index (Phi) is 9.27. The number of aromatic nitrogens is 2. The average Bonchev–Trinajstić information content (AvgIpc) is 3.11. The fraction of sp³-hybridized carbons (Fsp3) is 0.421. The summed E-state index contributed by atoms with van der Waals surface area (Å²) in [5, 5.41) is 10.4. The van der Waals surface area contributed by atoms with Crippen molar-refractivity contribution in [1.82, 2.24) is 20.4 Å². The molecular weight excluding hydrogens is 457 g/mol. The Morgan fingerprint density at radius 3 is 2.48 bits per heavy atom. The molecule has 0 saturated carbocycles. The van der Waals surface area contributed by atoms with Crippen LogP contribution < -0.4 is 10.6 Å². The van der Waals surface area contributed by atoms with E-state index in [2.05, 4.69) is 32.9 Å². The zero-order chi connectivity index (χ0) is 19.0. The summed E-state index contributed by atoms with van der Waals surface area (Å²) in [7, 11) is 1.67. The molecule has 1 heterocycles. The third-order valence-electron chi connectivity index (χ3n) is 3.46. The zero-order valence-corrected chi connectivity index (χ0v) is 18.6. The minimum Gasteiger partial charge on any atom is -0.459 e. The number of nitrogens with one attached hydrogen (secondary N) is 2.